The second-order valence-corrected chi connectivity index (χ2v) is 7.46. The molecule has 1 aromatic carbocycles. The summed E-state index contributed by atoms with van der Waals surface area (Å²) in [4.78, 5) is 17.1. The van der Waals surface area contributed by atoms with Crippen LogP contribution in [0.5, 0.6) is 0 Å². The zero-order chi connectivity index (χ0) is 18.1. The highest BCUT2D eigenvalue weighted by atomic mass is 35.5. The van der Waals surface area contributed by atoms with Crippen LogP contribution in [-0.4, -0.2) is 10.9 Å². The van der Waals surface area contributed by atoms with Crippen LogP contribution in [-0.2, 0) is 17.6 Å². The molecule has 4 rings (SSSR count). The number of halogens is 2. The summed E-state index contributed by atoms with van der Waals surface area (Å²) >= 11 is 1.59. The number of aromatic nitrogens is 1. The van der Waals surface area contributed by atoms with Crippen molar-refractivity contribution in [2.24, 2.45) is 0 Å². The van der Waals surface area contributed by atoms with Crippen LogP contribution in [0, 0.1) is 6.92 Å². The number of thiophene rings is 1. The first-order valence-electron chi connectivity index (χ1n) is 8.76. The Kier molecular flexibility index (Phi) is 7.52. The Morgan fingerprint density at radius 2 is 2.18 bits per heavy atom. The average Bonchev–Trinajstić information content (AvgIpc) is 3.25. The summed E-state index contributed by atoms with van der Waals surface area (Å²) in [6, 6.07) is 7.95. The van der Waals surface area contributed by atoms with E-state index in [2.05, 4.69) is 10.3 Å². The Bertz CT molecular complexity index is 941. The summed E-state index contributed by atoms with van der Waals surface area (Å²) < 4.78 is 5.72. The highest BCUT2D eigenvalue weighted by molar-refractivity contribution is 7.08. The van der Waals surface area contributed by atoms with Crippen molar-refractivity contribution < 1.29 is 9.21 Å². The molecule has 0 aliphatic heterocycles. The minimum atomic E-state index is -0.0343. The van der Waals surface area contributed by atoms with E-state index < -0.39 is 0 Å². The Hall–Kier alpha value is -2.02. The van der Waals surface area contributed by atoms with Gasteiger partial charge in [-0.15, -0.1) is 24.8 Å². The lowest BCUT2D eigenvalue weighted by Gasteiger charge is -2.26. The number of hydrogen-bond donors (Lipinski definition) is 2. The van der Waals surface area contributed by atoms with Gasteiger partial charge in [0.2, 0.25) is 11.8 Å². The van der Waals surface area contributed by atoms with E-state index in [4.69, 9.17) is 10.2 Å². The third kappa shape index (κ3) is 4.69. The van der Waals surface area contributed by atoms with Gasteiger partial charge < -0.3 is 15.5 Å². The van der Waals surface area contributed by atoms with Crippen molar-refractivity contribution in [1.82, 2.24) is 10.3 Å². The number of carbonyl (C=O) groups is 1. The maximum atomic E-state index is 12.6. The van der Waals surface area contributed by atoms with Crippen LogP contribution in [0.4, 0.5) is 5.69 Å². The lowest BCUT2D eigenvalue weighted by Crippen LogP contribution is -2.32. The molecule has 28 heavy (non-hydrogen) atoms. The number of fused-ring (bicyclic) bond motifs is 1. The van der Waals surface area contributed by atoms with E-state index in [-0.39, 0.29) is 43.2 Å². The van der Waals surface area contributed by atoms with Crippen molar-refractivity contribution in [3.05, 3.63) is 57.6 Å². The fourth-order valence-corrected chi connectivity index (χ4v) is 4.11. The summed E-state index contributed by atoms with van der Waals surface area (Å²) in [5.74, 6) is 1.23. The molecular formula is C20H23Cl2N3O2S. The Labute approximate surface area is 180 Å². The largest absolute Gasteiger partial charge is 0.441 e. The van der Waals surface area contributed by atoms with Crippen molar-refractivity contribution in [3.63, 3.8) is 0 Å². The number of aryl methyl sites for hydroxylation is 2. The topological polar surface area (TPSA) is 81.2 Å². The lowest BCUT2D eigenvalue weighted by atomic mass is 9.87. The Morgan fingerprint density at radius 3 is 2.93 bits per heavy atom. The van der Waals surface area contributed by atoms with Crippen molar-refractivity contribution in [2.45, 2.75) is 38.6 Å². The maximum Gasteiger partial charge on any atom is 0.227 e. The number of hydrogen-bond acceptors (Lipinski definition) is 5. The minimum absolute atomic E-state index is 0. The number of nitrogens with zero attached hydrogens (tertiary/aromatic N) is 1. The predicted octanol–water partition coefficient (Wildman–Crippen LogP) is 4.87. The molecule has 0 fully saturated rings. The van der Waals surface area contributed by atoms with Gasteiger partial charge in [0, 0.05) is 16.6 Å². The van der Waals surface area contributed by atoms with Crippen LogP contribution in [0.1, 0.15) is 41.5 Å². The first-order valence-corrected chi connectivity index (χ1v) is 9.71. The van der Waals surface area contributed by atoms with E-state index in [1.165, 1.54) is 11.1 Å². The molecule has 8 heteroatoms. The molecule has 150 valence electrons. The maximum absolute atomic E-state index is 12.6. The van der Waals surface area contributed by atoms with E-state index in [0.717, 1.165) is 30.5 Å². The molecule has 0 bridgehead atoms. The quantitative estimate of drug-likeness (QED) is 0.567. The highest BCUT2D eigenvalue weighted by Gasteiger charge is 2.23. The number of rotatable bonds is 4. The predicted molar refractivity (Wildman–Crippen MR) is 117 cm³/mol. The number of nitrogens with one attached hydrogen (secondary N) is 1. The number of amides is 1. The Morgan fingerprint density at radius 1 is 1.36 bits per heavy atom. The second-order valence-electron chi connectivity index (χ2n) is 6.68. The summed E-state index contributed by atoms with van der Waals surface area (Å²) in [6.07, 6.45) is 3.23. The first-order chi connectivity index (χ1) is 12.6. The molecule has 0 spiro atoms. The van der Waals surface area contributed by atoms with Gasteiger partial charge in [-0.25, -0.2) is 4.98 Å². The number of benzene rings is 1. The minimum Gasteiger partial charge on any atom is -0.441 e. The molecule has 2 heterocycles. The molecule has 0 radical (unpaired) electrons. The smallest absolute Gasteiger partial charge is 0.227 e. The number of nitrogens with two attached hydrogens (primary N) is 1. The fraction of sp³-hybridized carbons (Fsp3) is 0.300. The van der Waals surface area contributed by atoms with Crippen molar-refractivity contribution in [3.8, 4) is 11.5 Å². The zero-order valence-corrected chi connectivity index (χ0v) is 17.9. The van der Waals surface area contributed by atoms with Gasteiger partial charge >= 0.3 is 0 Å². The summed E-state index contributed by atoms with van der Waals surface area (Å²) in [5, 5.41) is 7.12. The van der Waals surface area contributed by atoms with Gasteiger partial charge in [-0.2, -0.15) is 11.3 Å². The average molecular weight is 440 g/mol. The molecule has 0 saturated heterocycles. The number of anilines is 1. The van der Waals surface area contributed by atoms with Crippen molar-refractivity contribution >= 4 is 47.7 Å². The Balaban J connectivity index is 0.00000140. The molecule has 1 aliphatic carbocycles. The van der Waals surface area contributed by atoms with Crippen molar-refractivity contribution in [2.75, 3.05) is 5.73 Å². The number of oxazole rings is 1. The normalized spacial score (nSPS) is 15.1. The van der Waals surface area contributed by atoms with Crippen LogP contribution in [0.2, 0.25) is 0 Å². The van der Waals surface area contributed by atoms with E-state index >= 15 is 0 Å². The van der Waals surface area contributed by atoms with Gasteiger partial charge in [-0.05, 0) is 60.9 Å². The first kappa shape index (κ1) is 22.3. The van der Waals surface area contributed by atoms with Crippen LogP contribution < -0.4 is 11.1 Å². The molecule has 1 atom stereocenters. The molecule has 5 nitrogen and oxygen atoms in total. The zero-order valence-electron chi connectivity index (χ0n) is 15.4. The lowest BCUT2D eigenvalue weighted by molar-refractivity contribution is -0.121. The second kappa shape index (κ2) is 9.45. The van der Waals surface area contributed by atoms with Crippen LogP contribution in [0.25, 0.3) is 11.5 Å². The standard InChI is InChI=1S/C20H21N3O2S.2ClH/c1-12-18(23-20(25-12)14-7-8-26-11-14)10-19(24)22-17-4-2-3-13-9-15(21)5-6-16(13)17;;/h5-9,11,17H,2-4,10,21H2,1H3,(H,22,24);2*1H. The monoisotopic (exact) mass is 439 g/mol. The van der Waals surface area contributed by atoms with Gasteiger partial charge in [0.25, 0.3) is 0 Å². The SMILES string of the molecule is Cc1oc(-c2ccsc2)nc1CC(=O)NC1CCCc2cc(N)ccc21.Cl.Cl. The van der Waals surface area contributed by atoms with E-state index in [0.29, 0.717) is 17.3 Å². The number of nitrogen functional groups attached to an aromatic ring is 1. The van der Waals surface area contributed by atoms with E-state index in [9.17, 15) is 4.79 Å². The molecule has 3 aromatic rings. The molecular weight excluding hydrogens is 417 g/mol. The van der Waals surface area contributed by atoms with Crippen LogP contribution in [0.3, 0.4) is 0 Å². The van der Waals surface area contributed by atoms with Gasteiger partial charge in [0.05, 0.1) is 18.2 Å². The van der Waals surface area contributed by atoms with Crippen LogP contribution in [0.15, 0.2) is 39.4 Å². The molecule has 1 aliphatic rings. The summed E-state index contributed by atoms with van der Waals surface area (Å²) in [5.41, 5.74) is 10.7. The van der Waals surface area contributed by atoms with E-state index in [1.807, 2.05) is 41.9 Å². The molecule has 1 amide bonds. The van der Waals surface area contributed by atoms with Gasteiger partial charge in [-0.3, -0.25) is 4.79 Å². The fourth-order valence-electron chi connectivity index (χ4n) is 3.48. The molecule has 0 saturated carbocycles. The highest BCUT2D eigenvalue weighted by Crippen LogP contribution is 2.31. The van der Waals surface area contributed by atoms with Crippen molar-refractivity contribution in [1.29, 1.82) is 0 Å². The summed E-state index contributed by atoms with van der Waals surface area (Å²) in [6.45, 7) is 1.85. The van der Waals surface area contributed by atoms with Gasteiger partial charge in [0.1, 0.15) is 5.76 Å². The molecule has 3 N–H and O–H groups in total. The number of carbonyl (C=O) groups excluding carboxylic acids is 1. The van der Waals surface area contributed by atoms with Gasteiger partial charge in [-0.1, -0.05) is 6.07 Å². The van der Waals surface area contributed by atoms with Crippen LogP contribution >= 0.6 is 36.2 Å². The third-order valence-electron chi connectivity index (χ3n) is 4.81. The molecule has 1 unspecified atom stereocenters. The summed E-state index contributed by atoms with van der Waals surface area (Å²) in [7, 11) is 0. The van der Waals surface area contributed by atoms with Gasteiger partial charge in [0.15, 0.2) is 0 Å². The van der Waals surface area contributed by atoms with E-state index in [1.54, 1.807) is 11.3 Å². The third-order valence-corrected chi connectivity index (χ3v) is 5.49. The molecule has 2 aromatic heterocycles.